The van der Waals surface area contributed by atoms with Gasteiger partial charge in [0, 0.05) is 31.0 Å². The number of carbonyl (C=O) groups is 2. The van der Waals surface area contributed by atoms with E-state index in [1.54, 1.807) is 12.1 Å². The Morgan fingerprint density at radius 1 is 1.17 bits per heavy atom. The first-order valence-electron chi connectivity index (χ1n) is 9.66. The van der Waals surface area contributed by atoms with Crippen molar-refractivity contribution < 1.29 is 27.5 Å². The number of hydrogen-bond acceptors (Lipinski definition) is 7. The third-order valence-corrected chi connectivity index (χ3v) is 6.36. The molecule has 160 valence electrons. The SMILES string of the molecule is C[C@@H](OC(=O)[C@@H]1CCCN1S(C)(=O)=O)C(=O)Nc1ccc(N2CCOCC2)cc1. The van der Waals surface area contributed by atoms with E-state index in [9.17, 15) is 18.0 Å². The molecule has 2 fully saturated rings. The standard InChI is InChI=1S/C19H27N3O6S/c1-14(28-19(24)17-4-3-9-22(17)29(2,25)26)18(23)20-15-5-7-16(8-6-15)21-10-12-27-13-11-21/h5-8,14,17H,3-4,9-13H2,1-2H3,(H,20,23)/t14-,17+/m1/s1. The monoisotopic (exact) mass is 425 g/mol. The van der Waals surface area contributed by atoms with E-state index in [0.717, 1.165) is 29.3 Å². The highest BCUT2D eigenvalue weighted by atomic mass is 32.2. The Morgan fingerprint density at radius 3 is 2.45 bits per heavy atom. The minimum Gasteiger partial charge on any atom is -0.451 e. The second-order valence-electron chi connectivity index (χ2n) is 7.25. The van der Waals surface area contributed by atoms with Crippen molar-refractivity contribution in [2.45, 2.75) is 31.9 Å². The van der Waals surface area contributed by atoms with Crippen LogP contribution in [-0.4, -0.2) is 75.8 Å². The average Bonchev–Trinajstić information content (AvgIpc) is 3.20. The lowest BCUT2D eigenvalue weighted by atomic mass is 10.2. The summed E-state index contributed by atoms with van der Waals surface area (Å²) < 4.78 is 35.3. The second kappa shape index (κ2) is 9.10. The lowest BCUT2D eigenvalue weighted by Gasteiger charge is -2.29. The summed E-state index contributed by atoms with van der Waals surface area (Å²) in [5.74, 6) is -1.17. The molecule has 0 unspecified atom stereocenters. The number of anilines is 2. The van der Waals surface area contributed by atoms with Gasteiger partial charge in [0.15, 0.2) is 6.10 Å². The smallest absolute Gasteiger partial charge is 0.325 e. The van der Waals surface area contributed by atoms with Crippen molar-refractivity contribution in [2.75, 3.05) is 49.3 Å². The predicted molar refractivity (Wildman–Crippen MR) is 108 cm³/mol. The molecule has 2 heterocycles. The van der Waals surface area contributed by atoms with Crippen LogP contribution in [0.4, 0.5) is 11.4 Å². The molecule has 0 saturated carbocycles. The van der Waals surface area contributed by atoms with E-state index in [2.05, 4.69) is 10.2 Å². The van der Waals surface area contributed by atoms with E-state index in [1.807, 2.05) is 12.1 Å². The Hall–Kier alpha value is -2.17. The minimum absolute atomic E-state index is 0.286. The van der Waals surface area contributed by atoms with Gasteiger partial charge in [-0.15, -0.1) is 0 Å². The number of nitrogens with zero attached hydrogens (tertiary/aromatic N) is 2. The van der Waals surface area contributed by atoms with Gasteiger partial charge in [0.25, 0.3) is 5.91 Å². The van der Waals surface area contributed by atoms with Crippen molar-refractivity contribution in [3.05, 3.63) is 24.3 Å². The first kappa shape index (κ1) is 21.5. The summed E-state index contributed by atoms with van der Waals surface area (Å²) in [6.07, 6.45) is 1.00. The topological polar surface area (TPSA) is 105 Å². The molecule has 0 aliphatic carbocycles. The molecule has 1 aromatic rings. The molecule has 0 radical (unpaired) electrons. The van der Waals surface area contributed by atoms with E-state index >= 15 is 0 Å². The van der Waals surface area contributed by atoms with Crippen molar-refractivity contribution in [2.24, 2.45) is 0 Å². The molecule has 2 saturated heterocycles. The van der Waals surface area contributed by atoms with Crippen LogP contribution in [0.3, 0.4) is 0 Å². The first-order valence-corrected chi connectivity index (χ1v) is 11.5. The van der Waals surface area contributed by atoms with Gasteiger partial charge >= 0.3 is 5.97 Å². The summed E-state index contributed by atoms with van der Waals surface area (Å²) in [5.41, 5.74) is 1.64. The van der Waals surface area contributed by atoms with Crippen LogP contribution in [0.2, 0.25) is 0 Å². The zero-order valence-corrected chi connectivity index (χ0v) is 17.5. The molecular weight excluding hydrogens is 398 g/mol. The summed E-state index contributed by atoms with van der Waals surface area (Å²) in [5, 5.41) is 2.72. The van der Waals surface area contributed by atoms with Gasteiger partial charge in [-0.3, -0.25) is 9.59 Å². The molecule has 29 heavy (non-hydrogen) atoms. The molecule has 3 rings (SSSR count). The van der Waals surface area contributed by atoms with Gasteiger partial charge in [-0.2, -0.15) is 4.31 Å². The number of sulfonamides is 1. The van der Waals surface area contributed by atoms with Crippen LogP contribution < -0.4 is 10.2 Å². The Bertz CT molecular complexity index is 836. The number of carbonyl (C=O) groups excluding carboxylic acids is 2. The van der Waals surface area contributed by atoms with Crippen LogP contribution in [0.25, 0.3) is 0 Å². The van der Waals surface area contributed by atoms with Crippen LogP contribution in [0, 0.1) is 0 Å². The summed E-state index contributed by atoms with van der Waals surface area (Å²) in [7, 11) is -3.49. The van der Waals surface area contributed by atoms with Gasteiger partial charge in [0.1, 0.15) is 6.04 Å². The lowest BCUT2D eigenvalue weighted by molar-refractivity contribution is -0.156. The largest absolute Gasteiger partial charge is 0.451 e. The summed E-state index contributed by atoms with van der Waals surface area (Å²) in [6, 6.07) is 6.55. The number of hydrogen-bond donors (Lipinski definition) is 1. The highest BCUT2D eigenvalue weighted by Crippen LogP contribution is 2.22. The molecule has 0 spiro atoms. The number of esters is 1. The minimum atomic E-state index is -3.49. The fourth-order valence-corrected chi connectivity index (χ4v) is 4.61. The third-order valence-electron chi connectivity index (χ3n) is 5.07. The van der Waals surface area contributed by atoms with E-state index in [-0.39, 0.29) is 6.54 Å². The molecule has 0 bridgehead atoms. The van der Waals surface area contributed by atoms with Crippen molar-refractivity contribution >= 4 is 33.3 Å². The maximum atomic E-state index is 12.4. The summed E-state index contributed by atoms with van der Waals surface area (Å²) >= 11 is 0. The molecule has 10 heteroatoms. The Kier molecular flexibility index (Phi) is 6.76. The molecule has 0 aromatic heterocycles. The van der Waals surface area contributed by atoms with Crippen LogP contribution in [-0.2, 0) is 29.1 Å². The molecule has 2 aliphatic rings. The van der Waals surface area contributed by atoms with Crippen molar-refractivity contribution in [1.29, 1.82) is 0 Å². The Labute approximate surface area is 171 Å². The maximum Gasteiger partial charge on any atom is 0.325 e. The average molecular weight is 426 g/mol. The van der Waals surface area contributed by atoms with Crippen molar-refractivity contribution in [3.63, 3.8) is 0 Å². The number of benzene rings is 1. The fraction of sp³-hybridized carbons (Fsp3) is 0.579. The van der Waals surface area contributed by atoms with Gasteiger partial charge in [0.2, 0.25) is 10.0 Å². The third kappa shape index (κ3) is 5.46. The van der Waals surface area contributed by atoms with Crippen LogP contribution in [0.15, 0.2) is 24.3 Å². The Balaban J connectivity index is 1.54. The fourth-order valence-electron chi connectivity index (χ4n) is 3.50. The zero-order chi connectivity index (χ0) is 21.0. The van der Waals surface area contributed by atoms with Crippen LogP contribution >= 0.6 is 0 Å². The number of rotatable bonds is 6. The van der Waals surface area contributed by atoms with E-state index < -0.39 is 34.0 Å². The van der Waals surface area contributed by atoms with Gasteiger partial charge in [-0.25, -0.2) is 8.42 Å². The zero-order valence-electron chi connectivity index (χ0n) is 16.7. The predicted octanol–water partition coefficient (Wildman–Crippen LogP) is 0.817. The van der Waals surface area contributed by atoms with E-state index in [1.165, 1.54) is 6.92 Å². The first-order chi connectivity index (χ1) is 13.8. The molecule has 2 atom stereocenters. The maximum absolute atomic E-state index is 12.4. The molecular formula is C19H27N3O6S. The second-order valence-corrected chi connectivity index (χ2v) is 9.18. The summed E-state index contributed by atoms with van der Waals surface area (Å²) in [4.78, 5) is 26.9. The van der Waals surface area contributed by atoms with E-state index in [0.29, 0.717) is 31.7 Å². The van der Waals surface area contributed by atoms with Crippen LogP contribution in [0.5, 0.6) is 0 Å². The van der Waals surface area contributed by atoms with Crippen LogP contribution in [0.1, 0.15) is 19.8 Å². The molecule has 2 aliphatic heterocycles. The molecule has 1 amide bonds. The number of amides is 1. The molecule has 9 nitrogen and oxygen atoms in total. The highest BCUT2D eigenvalue weighted by Gasteiger charge is 2.38. The Morgan fingerprint density at radius 2 is 1.83 bits per heavy atom. The quantitative estimate of drug-likeness (QED) is 0.673. The molecule has 1 aromatic carbocycles. The van der Waals surface area contributed by atoms with Gasteiger partial charge in [0.05, 0.1) is 19.5 Å². The lowest BCUT2D eigenvalue weighted by Crippen LogP contribution is -2.43. The van der Waals surface area contributed by atoms with Gasteiger partial charge in [-0.05, 0) is 44.0 Å². The molecule has 1 N–H and O–H groups in total. The number of ether oxygens (including phenoxy) is 2. The van der Waals surface area contributed by atoms with Crippen molar-refractivity contribution in [3.8, 4) is 0 Å². The normalized spacial score (nSPS) is 21.6. The van der Waals surface area contributed by atoms with Crippen molar-refractivity contribution in [1.82, 2.24) is 4.31 Å². The highest BCUT2D eigenvalue weighted by molar-refractivity contribution is 7.88. The number of morpholine rings is 1. The number of nitrogens with one attached hydrogen (secondary N) is 1. The van der Waals surface area contributed by atoms with Gasteiger partial charge in [-0.1, -0.05) is 0 Å². The van der Waals surface area contributed by atoms with Gasteiger partial charge < -0.3 is 19.7 Å². The summed E-state index contributed by atoms with van der Waals surface area (Å²) in [6.45, 7) is 4.79. The van der Waals surface area contributed by atoms with E-state index in [4.69, 9.17) is 9.47 Å².